The van der Waals surface area contributed by atoms with Crippen LogP contribution in [0.5, 0.6) is 5.75 Å². The van der Waals surface area contributed by atoms with Gasteiger partial charge < -0.3 is 9.47 Å². The minimum Gasteiger partial charge on any atom is -0.495 e. The fourth-order valence-electron chi connectivity index (χ4n) is 1.32. The highest BCUT2D eigenvalue weighted by Crippen LogP contribution is 2.39. The summed E-state index contributed by atoms with van der Waals surface area (Å²) in [5, 5.41) is 1.78. The summed E-state index contributed by atoms with van der Waals surface area (Å²) in [6.45, 7) is 6.26. The number of thiophene rings is 1. The van der Waals surface area contributed by atoms with Crippen molar-refractivity contribution < 1.29 is 14.3 Å². The highest BCUT2D eigenvalue weighted by atomic mass is 32.1. The lowest BCUT2D eigenvalue weighted by molar-refractivity contribution is 0.0597. The van der Waals surface area contributed by atoms with Crippen molar-refractivity contribution in [1.82, 2.24) is 0 Å². The third-order valence-corrected chi connectivity index (χ3v) is 3.42. The fraction of sp³-hybridized carbons (Fsp3) is 0.545. The molecule has 0 amide bonds. The molecule has 0 saturated carbocycles. The molecule has 0 saturated heterocycles. The second-order valence-electron chi connectivity index (χ2n) is 4.25. The van der Waals surface area contributed by atoms with Crippen LogP contribution in [-0.2, 0) is 10.2 Å². The van der Waals surface area contributed by atoms with E-state index in [-0.39, 0.29) is 11.4 Å². The van der Waals surface area contributed by atoms with E-state index < -0.39 is 0 Å². The number of carbonyl (C=O) groups is 1. The maximum absolute atomic E-state index is 11.4. The van der Waals surface area contributed by atoms with E-state index in [1.807, 2.05) is 0 Å². The van der Waals surface area contributed by atoms with E-state index in [9.17, 15) is 4.79 Å². The van der Waals surface area contributed by atoms with E-state index in [0.29, 0.717) is 11.3 Å². The molecular weight excluding hydrogens is 212 g/mol. The van der Waals surface area contributed by atoms with Gasteiger partial charge >= 0.3 is 5.97 Å². The lowest BCUT2D eigenvalue weighted by atomic mass is 9.93. The molecule has 0 fully saturated rings. The number of hydrogen-bond donors (Lipinski definition) is 0. The van der Waals surface area contributed by atoms with Gasteiger partial charge in [0.15, 0.2) is 0 Å². The molecule has 1 aromatic rings. The molecule has 15 heavy (non-hydrogen) atoms. The number of methoxy groups -OCH3 is 2. The van der Waals surface area contributed by atoms with Crippen molar-refractivity contribution in [3.05, 3.63) is 15.8 Å². The van der Waals surface area contributed by atoms with Crippen LogP contribution in [0.3, 0.4) is 0 Å². The Morgan fingerprint density at radius 2 is 1.93 bits per heavy atom. The smallest absolute Gasteiger partial charge is 0.342 e. The van der Waals surface area contributed by atoms with Gasteiger partial charge in [-0.15, -0.1) is 11.3 Å². The molecule has 1 rings (SSSR count). The maximum atomic E-state index is 11.4. The average Bonchev–Trinajstić information content (AvgIpc) is 2.59. The van der Waals surface area contributed by atoms with Gasteiger partial charge in [-0.25, -0.2) is 4.79 Å². The van der Waals surface area contributed by atoms with Crippen LogP contribution in [-0.4, -0.2) is 20.2 Å². The van der Waals surface area contributed by atoms with Crippen molar-refractivity contribution >= 4 is 17.3 Å². The number of rotatable bonds is 2. The minimum atomic E-state index is -0.349. The van der Waals surface area contributed by atoms with Gasteiger partial charge in [-0.3, -0.25) is 0 Å². The van der Waals surface area contributed by atoms with E-state index in [4.69, 9.17) is 9.47 Å². The van der Waals surface area contributed by atoms with Crippen molar-refractivity contribution in [1.29, 1.82) is 0 Å². The van der Waals surface area contributed by atoms with Crippen molar-refractivity contribution in [2.45, 2.75) is 26.2 Å². The van der Waals surface area contributed by atoms with Gasteiger partial charge in [0.25, 0.3) is 0 Å². The van der Waals surface area contributed by atoms with Crippen LogP contribution in [0, 0.1) is 0 Å². The van der Waals surface area contributed by atoms with Crippen molar-refractivity contribution in [3.8, 4) is 5.75 Å². The molecule has 0 bridgehead atoms. The highest BCUT2D eigenvalue weighted by Gasteiger charge is 2.26. The summed E-state index contributed by atoms with van der Waals surface area (Å²) in [5.41, 5.74) is 0.484. The number of carbonyl (C=O) groups excluding carboxylic acids is 1. The largest absolute Gasteiger partial charge is 0.495 e. The molecule has 0 atom stereocenters. The van der Waals surface area contributed by atoms with E-state index in [0.717, 1.165) is 4.88 Å². The van der Waals surface area contributed by atoms with Crippen molar-refractivity contribution in [2.75, 3.05) is 14.2 Å². The number of hydrogen-bond acceptors (Lipinski definition) is 4. The van der Waals surface area contributed by atoms with E-state index in [1.54, 1.807) is 12.5 Å². The summed E-state index contributed by atoms with van der Waals surface area (Å²) < 4.78 is 9.97. The first-order valence-electron chi connectivity index (χ1n) is 4.66. The SMILES string of the molecule is COC(=O)c1csc(C(C)(C)C)c1OC. The topological polar surface area (TPSA) is 35.5 Å². The van der Waals surface area contributed by atoms with Crippen LogP contribution in [0.2, 0.25) is 0 Å². The Bertz CT molecular complexity index is 360. The molecular formula is C11H16O3S. The summed E-state index contributed by atoms with van der Waals surface area (Å²) in [6, 6.07) is 0. The Morgan fingerprint density at radius 1 is 1.33 bits per heavy atom. The molecule has 0 aliphatic rings. The number of ether oxygens (including phenoxy) is 2. The Balaban J connectivity index is 3.23. The van der Waals surface area contributed by atoms with Gasteiger partial charge in [0.05, 0.1) is 19.1 Å². The molecule has 0 aliphatic heterocycles. The van der Waals surface area contributed by atoms with Crippen LogP contribution >= 0.6 is 11.3 Å². The first-order valence-corrected chi connectivity index (χ1v) is 5.54. The molecule has 1 heterocycles. The van der Waals surface area contributed by atoms with Gasteiger partial charge in [-0.2, -0.15) is 0 Å². The van der Waals surface area contributed by atoms with E-state index in [1.165, 1.54) is 18.4 Å². The average molecular weight is 228 g/mol. The van der Waals surface area contributed by atoms with Crippen molar-refractivity contribution in [3.63, 3.8) is 0 Å². The zero-order valence-electron chi connectivity index (χ0n) is 9.71. The molecule has 4 heteroatoms. The Morgan fingerprint density at radius 3 is 2.33 bits per heavy atom. The predicted molar refractivity (Wildman–Crippen MR) is 60.9 cm³/mol. The first-order chi connectivity index (χ1) is 6.91. The Kier molecular flexibility index (Phi) is 3.39. The monoisotopic (exact) mass is 228 g/mol. The minimum absolute atomic E-state index is 0.0255. The van der Waals surface area contributed by atoms with Crippen LogP contribution in [0.4, 0.5) is 0 Å². The van der Waals surface area contributed by atoms with Crippen LogP contribution in [0.25, 0.3) is 0 Å². The molecule has 1 aromatic heterocycles. The van der Waals surface area contributed by atoms with Crippen LogP contribution in [0.1, 0.15) is 36.0 Å². The predicted octanol–water partition coefficient (Wildman–Crippen LogP) is 2.84. The standard InChI is InChI=1S/C11H16O3S/c1-11(2,3)9-8(13-4)7(6-15-9)10(12)14-5/h6H,1-5H3. The molecule has 0 aliphatic carbocycles. The summed E-state index contributed by atoms with van der Waals surface area (Å²) in [5.74, 6) is 0.290. The third kappa shape index (κ3) is 2.31. The molecule has 0 aromatic carbocycles. The fourth-order valence-corrected chi connectivity index (χ4v) is 2.41. The lowest BCUT2D eigenvalue weighted by Crippen LogP contribution is -2.11. The summed E-state index contributed by atoms with van der Waals surface area (Å²) in [4.78, 5) is 12.5. The normalized spacial score (nSPS) is 11.3. The zero-order chi connectivity index (χ0) is 11.6. The highest BCUT2D eigenvalue weighted by molar-refractivity contribution is 7.10. The lowest BCUT2D eigenvalue weighted by Gasteiger charge is -2.18. The second-order valence-corrected chi connectivity index (χ2v) is 5.13. The van der Waals surface area contributed by atoms with Gasteiger partial charge in [0, 0.05) is 5.38 Å². The first kappa shape index (κ1) is 12.0. The van der Waals surface area contributed by atoms with Crippen LogP contribution < -0.4 is 4.74 Å². The summed E-state index contributed by atoms with van der Waals surface area (Å²) in [6.07, 6.45) is 0. The zero-order valence-corrected chi connectivity index (χ0v) is 10.5. The summed E-state index contributed by atoms with van der Waals surface area (Å²) in [7, 11) is 2.94. The van der Waals surface area contributed by atoms with Gasteiger partial charge in [-0.05, 0) is 5.41 Å². The molecule has 3 nitrogen and oxygen atoms in total. The molecule has 0 radical (unpaired) electrons. The maximum Gasteiger partial charge on any atom is 0.342 e. The third-order valence-electron chi connectivity index (χ3n) is 2.04. The van der Waals surface area contributed by atoms with Gasteiger partial charge in [0.2, 0.25) is 0 Å². The quantitative estimate of drug-likeness (QED) is 0.730. The van der Waals surface area contributed by atoms with Gasteiger partial charge in [-0.1, -0.05) is 20.8 Å². The number of esters is 1. The molecule has 0 N–H and O–H groups in total. The van der Waals surface area contributed by atoms with Crippen LogP contribution in [0.15, 0.2) is 5.38 Å². The summed E-state index contributed by atoms with van der Waals surface area (Å²) >= 11 is 1.53. The Labute approximate surface area is 94.0 Å². The van der Waals surface area contributed by atoms with E-state index >= 15 is 0 Å². The molecule has 84 valence electrons. The van der Waals surface area contributed by atoms with Crippen molar-refractivity contribution in [2.24, 2.45) is 0 Å². The van der Waals surface area contributed by atoms with Gasteiger partial charge in [0.1, 0.15) is 11.3 Å². The Hall–Kier alpha value is -1.03. The second kappa shape index (κ2) is 4.23. The molecule has 0 unspecified atom stereocenters. The molecule has 0 spiro atoms. The van der Waals surface area contributed by atoms with E-state index in [2.05, 4.69) is 20.8 Å².